The topological polar surface area (TPSA) is 82.1 Å². The predicted octanol–water partition coefficient (Wildman–Crippen LogP) is 0.634. The van der Waals surface area contributed by atoms with Crippen molar-refractivity contribution in [2.45, 2.75) is 6.61 Å². The van der Waals surface area contributed by atoms with Gasteiger partial charge in [0.05, 0.1) is 59.5 Å². The average molecular weight is 455 g/mol. The first kappa shape index (κ1) is 25.2. The Bertz CT molecular complexity index is 614. The summed E-state index contributed by atoms with van der Waals surface area (Å²) in [5.74, 6) is 1.35. The zero-order valence-corrected chi connectivity index (χ0v) is 19.0. The standard InChI is InChI=1S/C23H38N2O7/c26-20-21-1-2-22-23(19-21)32-14-8-25-5-11-29-17-15-27-9-3-24(7-13-31-22)4-10-28-16-18-30-12-6-25/h1-2,19,26H,3-18,20H2. The smallest absolute Gasteiger partial charge is 0.161 e. The minimum atomic E-state index is -0.0365. The molecule has 0 saturated carbocycles. The van der Waals surface area contributed by atoms with Crippen molar-refractivity contribution < 1.29 is 33.5 Å². The van der Waals surface area contributed by atoms with Crippen LogP contribution in [-0.2, 0) is 25.6 Å². The lowest BCUT2D eigenvalue weighted by Crippen LogP contribution is -2.36. The molecule has 0 unspecified atom stereocenters. The van der Waals surface area contributed by atoms with Gasteiger partial charge in [0.1, 0.15) is 13.2 Å². The van der Waals surface area contributed by atoms with Gasteiger partial charge in [-0.05, 0) is 17.7 Å². The molecule has 9 nitrogen and oxygen atoms in total. The van der Waals surface area contributed by atoms with Crippen molar-refractivity contribution in [3.05, 3.63) is 23.8 Å². The van der Waals surface area contributed by atoms with Gasteiger partial charge in [0.2, 0.25) is 0 Å². The Morgan fingerprint density at radius 1 is 0.562 bits per heavy atom. The molecule has 0 aromatic heterocycles. The average Bonchev–Trinajstić information content (AvgIpc) is 2.81. The number of fused-ring (bicyclic) bond motifs is 18. The largest absolute Gasteiger partial charge is 0.488 e. The molecule has 32 heavy (non-hydrogen) atoms. The van der Waals surface area contributed by atoms with E-state index in [9.17, 15) is 5.11 Å². The molecule has 3 aliphatic rings. The zero-order chi connectivity index (χ0) is 22.3. The molecule has 3 aliphatic heterocycles. The molecular formula is C23H38N2O7. The van der Waals surface area contributed by atoms with E-state index >= 15 is 0 Å². The number of ether oxygens (including phenoxy) is 6. The summed E-state index contributed by atoms with van der Waals surface area (Å²) in [6.07, 6.45) is 0. The third-order valence-corrected chi connectivity index (χ3v) is 5.47. The SMILES string of the molecule is OCc1ccc2c(c1)OCCN1CCOCCOCCN(CCOCCOCC1)CCO2. The Morgan fingerprint density at radius 3 is 1.47 bits per heavy atom. The quantitative estimate of drug-likeness (QED) is 0.657. The van der Waals surface area contributed by atoms with Gasteiger partial charge in [0, 0.05) is 39.3 Å². The fraction of sp³-hybridized carbons (Fsp3) is 0.739. The van der Waals surface area contributed by atoms with E-state index in [1.165, 1.54) is 0 Å². The lowest BCUT2D eigenvalue weighted by molar-refractivity contribution is 0.00505. The minimum absolute atomic E-state index is 0.0365. The third kappa shape index (κ3) is 9.58. The van der Waals surface area contributed by atoms with Gasteiger partial charge in [-0.2, -0.15) is 0 Å². The van der Waals surface area contributed by atoms with Crippen molar-refractivity contribution in [2.75, 3.05) is 105 Å². The molecule has 1 saturated heterocycles. The molecule has 0 atom stereocenters. The van der Waals surface area contributed by atoms with Crippen LogP contribution in [0.5, 0.6) is 11.5 Å². The summed E-state index contributed by atoms with van der Waals surface area (Å²) in [7, 11) is 0. The van der Waals surface area contributed by atoms with E-state index in [0.29, 0.717) is 77.6 Å². The molecule has 0 spiro atoms. The van der Waals surface area contributed by atoms with Crippen LogP contribution in [0.3, 0.4) is 0 Å². The summed E-state index contributed by atoms with van der Waals surface area (Å²) < 4.78 is 35.2. The van der Waals surface area contributed by atoms with Gasteiger partial charge >= 0.3 is 0 Å². The number of hydrogen-bond acceptors (Lipinski definition) is 9. The van der Waals surface area contributed by atoms with Crippen LogP contribution in [0.1, 0.15) is 5.56 Å². The molecule has 0 aliphatic carbocycles. The van der Waals surface area contributed by atoms with Crippen molar-refractivity contribution in [2.24, 2.45) is 0 Å². The summed E-state index contributed by atoms with van der Waals surface area (Å²) in [6, 6.07) is 5.58. The first-order chi connectivity index (χ1) is 15.8. The second kappa shape index (κ2) is 15.4. The molecular weight excluding hydrogens is 416 g/mol. The molecule has 4 rings (SSSR count). The molecule has 0 radical (unpaired) electrons. The highest BCUT2D eigenvalue weighted by Gasteiger charge is 2.12. The summed E-state index contributed by atoms with van der Waals surface area (Å²) >= 11 is 0. The molecule has 1 fully saturated rings. The lowest BCUT2D eigenvalue weighted by atomic mass is 10.2. The van der Waals surface area contributed by atoms with E-state index in [1.807, 2.05) is 18.2 Å². The summed E-state index contributed by atoms with van der Waals surface area (Å²) in [4.78, 5) is 4.54. The maximum Gasteiger partial charge on any atom is 0.161 e. The van der Waals surface area contributed by atoms with Gasteiger partial charge in [-0.25, -0.2) is 0 Å². The Morgan fingerprint density at radius 2 is 1.00 bits per heavy atom. The molecule has 9 heteroatoms. The van der Waals surface area contributed by atoms with Crippen molar-refractivity contribution in [1.82, 2.24) is 9.80 Å². The van der Waals surface area contributed by atoms with Crippen LogP contribution in [0.4, 0.5) is 0 Å². The second-order valence-electron chi connectivity index (χ2n) is 7.77. The number of nitrogens with zero attached hydrogens (tertiary/aromatic N) is 2. The van der Waals surface area contributed by atoms with Crippen molar-refractivity contribution in [1.29, 1.82) is 0 Å². The van der Waals surface area contributed by atoms with Gasteiger partial charge in [-0.3, -0.25) is 9.80 Å². The fourth-order valence-electron chi connectivity index (χ4n) is 3.54. The highest BCUT2D eigenvalue weighted by Crippen LogP contribution is 2.28. The van der Waals surface area contributed by atoms with E-state index in [1.54, 1.807) is 0 Å². The number of rotatable bonds is 1. The summed E-state index contributed by atoms with van der Waals surface area (Å²) in [5, 5.41) is 9.52. The molecule has 1 N–H and O–H groups in total. The van der Waals surface area contributed by atoms with Crippen molar-refractivity contribution >= 4 is 0 Å². The minimum Gasteiger partial charge on any atom is -0.488 e. The lowest BCUT2D eigenvalue weighted by Gasteiger charge is -2.25. The van der Waals surface area contributed by atoms with Gasteiger partial charge in [0.15, 0.2) is 11.5 Å². The van der Waals surface area contributed by atoms with Crippen LogP contribution < -0.4 is 9.47 Å². The van der Waals surface area contributed by atoms with Crippen LogP contribution >= 0.6 is 0 Å². The molecule has 1 aromatic rings. The van der Waals surface area contributed by atoms with E-state index in [4.69, 9.17) is 28.4 Å². The van der Waals surface area contributed by atoms with Gasteiger partial charge < -0.3 is 33.5 Å². The highest BCUT2D eigenvalue weighted by atomic mass is 16.5. The van der Waals surface area contributed by atoms with Gasteiger partial charge in [0.25, 0.3) is 0 Å². The van der Waals surface area contributed by atoms with Crippen LogP contribution in [0.15, 0.2) is 18.2 Å². The molecule has 3 heterocycles. The Hall–Kier alpha value is -1.46. The zero-order valence-electron chi connectivity index (χ0n) is 19.0. The highest BCUT2D eigenvalue weighted by molar-refractivity contribution is 5.42. The van der Waals surface area contributed by atoms with Crippen LogP contribution in [0, 0.1) is 0 Å². The first-order valence-corrected chi connectivity index (χ1v) is 11.6. The first-order valence-electron chi connectivity index (χ1n) is 11.6. The van der Waals surface area contributed by atoms with Gasteiger partial charge in [-0.1, -0.05) is 6.07 Å². The Balaban J connectivity index is 1.72. The van der Waals surface area contributed by atoms with E-state index in [2.05, 4.69) is 9.80 Å². The Labute approximate surface area is 191 Å². The monoisotopic (exact) mass is 454 g/mol. The predicted molar refractivity (Wildman–Crippen MR) is 120 cm³/mol. The van der Waals surface area contributed by atoms with E-state index in [-0.39, 0.29) is 6.61 Å². The normalized spacial score (nSPS) is 25.7. The number of aliphatic hydroxyl groups excluding tert-OH is 1. The molecule has 2 bridgehead atoms. The summed E-state index contributed by atoms with van der Waals surface area (Å²) in [6.45, 7) is 10.5. The summed E-state index contributed by atoms with van der Waals surface area (Å²) in [5.41, 5.74) is 0.797. The third-order valence-electron chi connectivity index (χ3n) is 5.47. The van der Waals surface area contributed by atoms with E-state index < -0.39 is 0 Å². The molecule has 0 amide bonds. The molecule has 182 valence electrons. The van der Waals surface area contributed by atoms with Crippen molar-refractivity contribution in [3.8, 4) is 11.5 Å². The number of benzene rings is 1. The van der Waals surface area contributed by atoms with E-state index in [0.717, 1.165) is 44.8 Å². The maximum absolute atomic E-state index is 9.52. The fourth-order valence-corrected chi connectivity index (χ4v) is 3.54. The van der Waals surface area contributed by atoms with Crippen LogP contribution in [0.25, 0.3) is 0 Å². The van der Waals surface area contributed by atoms with Gasteiger partial charge in [-0.15, -0.1) is 0 Å². The molecule has 1 aromatic carbocycles. The number of hydrogen-bond donors (Lipinski definition) is 1. The number of aliphatic hydroxyl groups is 1. The van der Waals surface area contributed by atoms with Crippen LogP contribution in [0.2, 0.25) is 0 Å². The Kier molecular flexibility index (Phi) is 12.1. The second-order valence-corrected chi connectivity index (χ2v) is 7.77. The van der Waals surface area contributed by atoms with Crippen LogP contribution in [-0.4, -0.2) is 120 Å². The maximum atomic E-state index is 9.52. The van der Waals surface area contributed by atoms with Crippen molar-refractivity contribution in [3.63, 3.8) is 0 Å².